The maximum absolute atomic E-state index is 12.3. The van der Waals surface area contributed by atoms with Gasteiger partial charge in [0.2, 0.25) is 11.9 Å². The van der Waals surface area contributed by atoms with Gasteiger partial charge in [-0.1, -0.05) is 26.0 Å². The van der Waals surface area contributed by atoms with Crippen LogP contribution in [-0.2, 0) is 26.1 Å². The number of carbonyl (C=O) groups excluding carboxylic acids is 2. The number of nitrogens with one attached hydrogen (secondary N) is 2. The van der Waals surface area contributed by atoms with Crippen molar-refractivity contribution in [3.05, 3.63) is 82.0 Å². The first-order chi connectivity index (χ1) is 28.4. The maximum Gasteiger partial charge on any atom is 0.328 e. The van der Waals surface area contributed by atoms with Gasteiger partial charge in [-0.25, -0.2) is 29.5 Å². The van der Waals surface area contributed by atoms with Crippen LogP contribution in [0.2, 0.25) is 0 Å². The van der Waals surface area contributed by atoms with Gasteiger partial charge in [-0.2, -0.15) is 14.1 Å². The lowest BCUT2D eigenvalue weighted by molar-refractivity contribution is -0.144. The van der Waals surface area contributed by atoms with Crippen LogP contribution in [0.3, 0.4) is 0 Å². The van der Waals surface area contributed by atoms with E-state index in [1.165, 1.54) is 7.11 Å². The van der Waals surface area contributed by atoms with Gasteiger partial charge in [0, 0.05) is 38.5 Å². The highest BCUT2D eigenvalue weighted by atomic mass is 79.9. The Morgan fingerprint density at radius 1 is 0.746 bits per heavy atom. The average molecular weight is 929 g/mol. The molecule has 0 aliphatic carbocycles. The summed E-state index contributed by atoms with van der Waals surface area (Å²) >= 11 is 7.11. The van der Waals surface area contributed by atoms with E-state index in [1.54, 1.807) is 40.9 Å². The third-order valence-corrected chi connectivity index (χ3v) is 10.5. The molecule has 59 heavy (non-hydrogen) atoms. The van der Waals surface area contributed by atoms with Crippen molar-refractivity contribution in [2.75, 3.05) is 31.5 Å². The van der Waals surface area contributed by atoms with Crippen LogP contribution in [0.25, 0.3) is 55.9 Å². The molecule has 0 aliphatic rings. The van der Waals surface area contributed by atoms with E-state index in [4.69, 9.17) is 29.2 Å². The Balaban J connectivity index is 0.000000180. The molecule has 8 rings (SSSR count). The van der Waals surface area contributed by atoms with Gasteiger partial charge in [0.15, 0.2) is 22.9 Å². The first-order valence-electron chi connectivity index (χ1n) is 18.5. The zero-order chi connectivity index (χ0) is 42.0. The summed E-state index contributed by atoms with van der Waals surface area (Å²) in [5.41, 5.74) is 4.33. The maximum atomic E-state index is 12.3. The molecule has 17 nitrogen and oxygen atoms in total. The highest BCUT2D eigenvalue weighted by Gasteiger charge is 2.26. The molecule has 0 saturated heterocycles. The average Bonchev–Trinajstić information content (AvgIpc) is 4.00. The number of hydrogen-bond donors (Lipinski definition) is 2. The van der Waals surface area contributed by atoms with Gasteiger partial charge < -0.3 is 24.8 Å². The van der Waals surface area contributed by atoms with Gasteiger partial charge in [0.05, 0.1) is 43.6 Å². The van der Waals surface area contributed by atoms with E-state index in [2.05, 4.69) is 62.8 Å². The van der Waals surface area contributed by atoms with Crippen LogP contribution in [-0.4, -0.2) is 93.8 Å². The molecular formula is C40H40Br2N12O5. The van der Waals surface area contributed by atoms with Crippen LogP contribution < -0.4 is 15.4 Å². The van der Waals surface area contributed by atoms with E-state index in [0.29, 0.717) is 41.4 Å². The van der Waals surface area contributed by atoms with Gasteiger partial charge >= 0.3 is 11.9 Å². The van der Waals surface area contributed by atoms with Crippen LogP contribution in [0.5, 0.6) is 5.75 Å². The van der Waals surface area contributed by atoms with E-state index in [9.17, 15) is 9.59 Å². The third-order valence-electron chi connectivity index (χ3n) is 9.21. The van der Waals surface area contributed by atoms with E-state index >= 15 is 0 Å². The number of benzene rings is 3. The summed E-state index contributed by atoms with van der Waals surface area (Å²) in [7, 11) is 4.83. The van der Waals surface area contributed by atoms with Crippen molar-refractivity contribution in [1.29, 1.82) is 0 Å². The standard InChI is InChI=1S/C22H22BrN5O3.C18H18BrN7O2/c1-12(2)17(21(29)31-4)24-22-25-18-15(6-5-7-16(18)23)20-26-19(27-28(20)22)13-8-10-14(30-3)11-9-13;1-4-28-17(27)10(2)21-18-22-14-12(6-5-7-13(14)19)16-23-15(24-26(16)18)11-8-20-25(3)9-11/h5-12,17H,1-4H3,(H,24,25);5-10H,4H2,1-3H3,(H,21,22)/t17-;10-/m11/s1. The predicted molar refractivity (Wildman–Crippen MR) is 230 cm³/mol. The number of rotatable bonds is 11. The molecule has 0 amide bonds. The molecule has 2 atom stereocenters. The summed E-state index contributed by atoms with van der Waals surface area (Å²) in [5, 5.41) is 21.4. The molecule has 0 spiro atoms. The number of methoxy groups -OCH3 is 2. The number of para-hydroxylation sites is 2. The third kappa shape index (κ3) is 8.38. The quantitative estimate of drug-likeness (QED) is 0.125. The Hall–Kier alpha value is -6.21. The second kappa shape index (κ2) is 17.3. The lowest BCUT2D eigenvalue weighted by Gasteiger charge is -2.20. The number of aryl methyl sites for hydroxylation is 1. The van der Waals surface area contributed by atoms with Crippen LogP contribution in [0.15, 0.2) is 82.0 Å². The summed E-state index contributed by atoms with van der Waals surface area (Å²) in [4.78, 5) is 43.3. The number of fused-ring (bicyclic) bond motifs is 6. The number of aromatic nitrogens is 10. The summed E-state index contributed by atoms with van der Waals surface area (Å²) in [5.74, 6) is 1.87. The smallest absolute Gasteiger partial charge is 0.328 e. The van der Waals surface area contributed by atoms with Crippen LogP contribution >= 0.6 is 31.9 Å². The molecule has 0 radical (unpaired) electrons. The lowest BCUT2D eigenvalue weighted by atomic mass is 10.1. The number of halogens is 2. The predicted octanol–water partition coefficient (Wildman–Crippen LogP) is 7.13. The Morgan fingerprint density at radius 2 is 1.31 bits per heavy atom. The van der Waals surface area contributed by atoms with Crippen LogP contribution in [0.1, 0.15) is 27.7 Å². The molecule has 0 unspecified atom stereocenters. The van der Waals surface area contributed by atoms with Gasteiger partial charge in [0.1, 0.15) is 17.8 Å². The highest BCUT2D eigenvalue weighted by molar-refractivity contribution is 9.11. The summed E-state index contributed by atoms with van der Waals surface area (Å²) < 4.78 is 21.9. The Morgan fingerprint density at radius 3 is 1.80 bits per heavy atom. The highest BCUT2D eigenvalue weighted by Crippen LogP contribution is 2.31. The second-order valence-corrected chi connectivity index (χ2v) is 15.3. The van der Waals surface area contributed by atoms with E-state index in [-0.39, 0.29) is 17.9 Å². The Bertz CT molecular complexity index is 2820. The van der Waals surface area contributed by atoms with Crippen molar-refractivity contribution in [1.82, 2.24) is 48.9 Å². The normalized spacial score (nSPS) is 12.4. The van der Waals surface area contributed by atoms with Crippen molar-refractivity contribution in [2.45, 2.75) is 39.8 Å². The van der Waals surface area contributed by atoms with Crippen LogP contribution in [0.4, 0.5) is 11.9 Å². The molecule has 304 valence electrons. The molecule has 19 heteroatoms. The fraction of sp³-hybridized carbons (Fsp3) is 0.275. The summed E-state index contributed by atoms with van der Waals surface area (Å²) in [6, 6.07) is 17.9. The molecule has 5 aromatic heterocycles. The summed E-state index contributed by atoms with van der Waals surface area (Å²) in [6.45, 7) is 7.67. The van der Waals surface area contributed by atoms with Gasteiger partial charge in [0.25, 0.3) is 0 Å². The molecule has 3 aromatic carbocycles. The van der Waals surface area contributed by atoms with Crippen molar-refractivity contribution in [3.63, 3.8) is 0 Å². The first kappa shape index (κ1) is 41.0. The monoisotopic (exact) mass is 926 g/mol. The zero-order valence-corrected chi connectivity index (χ0v) is 36.3. The van der Waals surface area contributed by atoms with Crippen molar-refractivity contribution in [3.8, 4) is 28.5 Å². The van der Waals surface area contributed by atoms with Crippen molar-refractivity contribution >= 4 is 88.8 Å². The lowest BCUT2D eigenvalue weighted by Crippen LogP contribution is -2.36. The summed E-state index contributed by atoms with van der Waals surface area (Å²) in [6.07, 6.45) is 3.54. The second-order valence-electron chi connectivity index (χ2n) is 13.6. The first-order valence-corrected chi connectivity index (χ1v) is 20.1. The fourth-order valence-corrected chi connectivity index (χ4v) is 7.10. The molecule has 0 aliphatic heterocycles. The number of hydrogen-bond acceptors (Lipinski definition) is 14. The van der Waals surface area contributed by atoms with E-state index < -0.39 is 12.1 Å². The van der Waals surface area contributed by atoms with Gasteiger partial charge in [-0.3, -0.25) is 4.68 Å². The topological polar surface area (TPSA) is 190 Å². The number of nitrogens with zero attached hydrogens (tertiary/aromatic N) is 10. The molecule has 8 aromatic rings. The SMILES string of the molecule is CCOC(=O)[C@@H](C)Nc1nc2c(Br)cccc2c2nc(-c3cnn(C)c3)nn12.COC(=O)[C@H](Nc1nc2c(Br)cccc2c2nc(-c3ccc(OC)cc3)nn12)C(C)C. The number of ether oxygens (including phenoxy) is 3. The molecule has 2 N–H and O–H groups in total. The molecule has 0 bridgehead atoms. The number of anilines is 2. The van der Waals surface area contributed by atoms with Gasteiger partial charge in [-0.15, -0.1) is 10.2 Å². The minimum atomic E-state index is -0.596. The zero-order valence-electron chi connectivity index (χ0n) is 33.1. The Kier molecular flexibility index (Phi) is 12.0. The van der Waals surface area contributed by atoms with Crippen molar-refractivity contribution in [2.24, 2.45) is 13.0 Å². The Labute approximate surface area is 354 Å². The number of carbonyl (C=O) groups is 2. The largest absolute Gasteiger partial charge is 0.497 e. The van der Waals surface area contributed by atoms with Crippen LogP contribution in [0, 0.1) is 5.92 Å². The van der Waals surface area contributed by atoms with Crippen molar-refractivity contribution < 1.29 is 23.8 Å². The van der Waals surface area contributed by atoms with E-state index in [1.807, 2.05) is 87.8 Å². The minimum absolute atomic E-state index is 0.0243. The molecule has 0 saturated carbocycles. The van der Waals surface area contributed by atoms with E-state index in [0.717, 1.165) is 47.6 Å². The fourth-order valence-electron chi connectivity index (χ4n) is 6.19. The van der Waals surface area contributed by atoms with Gasteiger partial charge in [-0.05, 0) is 100 Å². The molecule has 5 heterocycles. The molecule has 0 fully saturated rings. The molecular weight excluding hydrogens is 888 g/mol. The minimum Gasteiger partial charge on any atom is -0.497 e. The number of esters is 2.